The van der Waals surface area contributed by atoms with E-state index in [9.17, 15) is 9.90 Å². The molecule has 0 heterocycles. The molecule has 1 fully saturated rings. The number of alkyl halides is 1. The van der Waals surface area contributed by atoms with E-state index in [0.717, 1.165) is 42.5 Å². The van der Waals surface area contributed by atoms with E-state index in [2.05, 4.69) is 28.2 Å². The van der Waals surface area contributed by atoms with Crippen LogP contribution in [0.1, 0.15) is 48.5 Å². The van der Waals surface area contributed by atoms with Gasteiger partial charge in [-0.25, -0.2) is 0 Å². The first-order chi connectivity index (χ1) is 9.47. The van der Waals surface area contributed by atoms with Gasteiger partial charge in [-0.3, -0.25) is 4.79 Å². The lowest BCUT2D eigenvalue weighted by Crippen LogP contribution is -2.52. The number of hydrogen-bond donors (Lipinski definition) is 2. The van der Waals surface area contributed by atoms with E-state index in [1.165, 1.54) is 0 Å². The van der Waals surface area contributed by atoms with E-state index >= 15 is 0 Å². The molecule has 1 aliphatic carbocycles. The second kappa shape index (κ2) is 6.17. The summed E-state index contributed by atoms with van der Waals surface area (Å²) >= 11 is 3.54. The molecule has 1 saturated carbocycles. The molecule has 0 unspecified atom stereocenters. The molecule has 0 saturated heterocycles. The quantitative estimate of drug-likeness (QED) is 0.823. The average molecular weight is 340 g/mol. The van der Waals surface area contributed by atoms with Crippen LogP contribution in [0.4, 0.5) is 0 Å². The zero-order valence-corrected chi connectivity index (χ0v) is 13.7. The lowest BCUT2D eigenvalue weighted by atomic mass is 9.78. The molecule has 0 aliphatic heterocycles. The van der Waals surface area contributed by atoms with Crippen LogP contribution >= 0.6 is 15.9 Å². The van der Waals surface area contributed by atoms with Gasteiger partial charge in [0.15, 0.2) is 0 Å². The van der Waals surface area contributed by atoms with Gasteiger partial charge in [0.05, 0.1) is 11.1 Å². The fourth-order valence-corrected chi connectivity index (χ4v) is 3.46. The highest BCUT2D eigenvalue weighted by Gasteiger charge is 2.35. The van der Waals surface area contributed by atoms with Crippen molar-refractivity contribution in [1.82, 2.24) is 5.32 Å². The van der Waals surface area contributed by atoms with Crippen LogP contribution in [-0.2, 0) is 0 Å². The molecule has 0 bridgehead atoms. The monoisotopic (exact) mass is 339 g/mol. The Kier molecular flexibility index (Phi) is 4.74. The largest absolute Gasteiger partial charge is 0.507 e. The molecule has 20 heavy (non-hydrogen) atoms. The standard InChI is InChI=1S/C16H22BrNO2/c1-11-6-8-16(10-17,9-7-11)18-15(20)13-5-3-4-12(2)14(13)19/h3-5,11,19H,6-10H2,1-2H3,(H,18,20). The van der Waals surface area contributed by atoms with Crippen LogP contribution in [0.25, 0.3) is 0 Å². The molecular weight excluding hydrogens is 318 g/mol. The lowest BCUT2D eigenvalue weighted by molar-refractivity contribution is 0.0871. The second-order valence-corrected chi connectivity index (χ2v) is 6.58. The number of carbonyl (C=O) groups is 1. The van der Waals surface area contributed by atoms with Gasteiger partial charge in [-0.1, -0.05) is 35.0 Å². The number of carbonyl (C=O) groups excluding carboxylic acids is 1. The molecule has 0 aromatic heterocycles. The Morgan fingerprint density at radius 1 is 1.45 bits per heavy atom. The summed E-state index contributed by atoms with van der Waals surface area (Å²) in [5.41, 5.74) is 0.909. The van der Waals surface area contributed by atoms with Gasteiger partial charge in [0.1, 0.15) is 5.75 Å². The third kappa shape index (κ3) is 3.17. The van der Waals surface area contributed by atoms with E-state index in [1.807, 2.05) is 0 Å². The number of phenols is 1. The van der Waals surface area contributed by atoms with Gasteiger partial charge < -0.3 is 10.4 Å². The zero-order valence-electron chi connectivity index (χ0n) is 12.1. The Bertz CT molecular complexity index is 493. The Hall–Kier alpha value is -1.03. The summed E-state index contributed by atoms with van der Waals surface area (Å²) < 4.78 is 0. The van der Waals surface area contributed by atoms with Crippen molar-refractivity contribution < 1.29 is 9.90 Å². The van der Waals surface area contributed by atoms with E-state index in [1.54, 1.807) is 25.1 Å². The molecule has 1 aromatic carbocycles. The van der Waals surface area contributed by atoms with E-state index in [0.29, 0.717) is 5.56 Å². The van der Waals surface area contributed by atoms with Crippen LogP contribution in [0.15, 0.2) is 18.2 Å². The molecule has 2 rings (SSSR count). The van der Waals surface area contributed by atoms with Gasteiger partial charge in [-0.05, 0) is 50.2 Å². The van der Waals surface area contributed by atoms with Crippen molar-refractivity contribution in [3.63, 3.8) is 0 Å². The van der Waals surface area contributed by atoms with Gasteiger partial charge in [-0.2, -0.15) is 0 Å². The predicted molar refractivity (Wildman–Crippen MR) is 84.5 cm³/mol. The van der Waals surface area contributed by atoms with Crippen LogP contribution in [-0.4, -0.2) is 21.9 Å². The van der Waals surface area contributed by atoms with E-state index in [-0.39, 0.29) is 17.2 Å². The Labute approximate surface area is 128 Å². The first-order valence-electron chi connectivity index (χ1n) is 7.14. The van der Waals surface area contributed by atoms with Gasteiger partial charge in [0.25, 0.3) is 5.91 Å². The second-order valence-electron chi connectivity index (χ2n) is 6.02. The molecule has 1 aliphatic rings. The van der Waals surface area contributed by atoms with Gasteiger partial charge in [0, 0.05) is 5.33 Å². The number of benzene rings is 1. The molecule has 1 aromatic rings. The van der Waals surface area contributed by atoms with Crippen LogP contribution < -0.4 is 5.32 Å². The summed E-state index contributed by atoms with van der Waals surface area (Å²) in [6.07, 6.45) is 4.23. The zero-order chi connectivity index (χ0) is 14.8. The van der Waals surface area contributed by atoms with Crippen molar-refractivity contribution in [2.45, 2.75) is 45.1 Å². The number of para-hydroxylation sites is 1. The molecule has 4 heteroatoms. The third-order valence-electron chi connectivity index (χ3n) is 4.35. The highest BCUT2D eigenvalue weighted by Crippen LogP contribution is 2.34. The Morgan fingerprint density at radius 3 is 2.70 bits per heavy atom. The third-order valence-corrected chi connectivity index (χ3v) is 5.42. The minimum absolute atomic E-state index is 0.0823. The number of nitrogens with one attached hydrogen (secondary N) is 1. The van der Waals surface area contributed by atoms with E-state index < -0.39 is 0 Å². The van der Waals surface area contributed by atoms with Crippen molar-refractivity contribution >= 4 is 21.8 Å². The Balaban J connectivity index is 2.15. The SMILES string of the molecule is Cc1cccc(C(=O)NC2(CBr)CCC(C)CC2)c1O. The van der Waals surface area contributed by atoms with Crippen molar-refractivity contribution in [2.75, 3.05) is 5.33 Å². The first kappa shape index (κ1) is 15.4. The van der Waals surface area contributed by atoms with Crippen LogP contribution in [0.3, 0.4) is 0 Å². The Morgan fingerprint density at radius 2 is 2.10 bits per heavy atom. The maximum Gasteiger partial charge on any atom is 0.255 e. The minimum Gasteiger partial charge on any atom is -0.507 e. The molecule has 0 radical (unpaired) electrons. The highest BCUT2D eigenvalue weighted by atomic mass is 79.9. The normalized spacial score (nSPS) is 26.2. The van der Waals surface area contributed by atoms with E-state index in [4.69, 9.17) is 0 Å². The van der Waals surface area contributed by atoms with Gasteiger partial charge in [-0.15, -0.1) is 0 Å². The number of amides is 1. The van der Waals surface area contributed by atoms with Crippen molar-refractivity contribution in [2.24, 2.45) is 5.92 Å². The van der Waals surface area contributed by atoms with Crippen LogP contribution in [0.5, 0.6) is 5.75 Å². The number of hydrogen-bond acceptors (Lipinski definition) is 2. The predicted octanol–water partition coefficient (Wildman–Crippen LogP) is 3.77. The van der Waals surface area contributed by atoms with Crippen molar-refractivity contribution in [3.8, 4) is 5.75 Å². The fraction of sp³-hybridized carbons (Fsp3) is 0.562. The topological polar surface area (TPSA) is 49.3 Å². The minimum atomic E-state index is -0.181. The number of halogens is 1. The molecule has 2 N–H and O–H groups in total. The molecule has 3 nitrogen and oxygen atoms in total. The molecule has 0 atom stereocenters. The molecular formula is C16H22BrNO2. The van der Waals surface area contributed by atoms with Crippen molar-refractivity contribution in [1.29, 1.82) is 0 Å². The van der Waals surface area contributed by atoms with Crippen LogP contribution in [0, 0.1) is 12.8 Å². The average Bonchev–Trinajstić information content (AvgIpc) is 2.44. The number of phenolic OH excluding ortho intramolecular Hbond substituents is 1. The fourth-order valence-electron chi connectivity index (χ4n) is 2.76. The number of aryl methyl sites for hydroxylation is 1. The molecule has 110 valence electrons. The number of aromatic hydroxyl groups is 1. The maximum atomic E-state index is 12.4. The smallest absolute Gasteiger partial charge is 0.255 e. The lowest BCUT2D eigenvalue weighted by Gasteiger charge is -2.39. The summed E-state index contributed by atoms with van der Waals surface area (Å²) in [7, 11) is 0. The maximum absolute atomic E-state index is 12.4. The molecule has 1 amide bonds. The van der Waals surface area contributed by atoms with Crippen molar-refractivity contribution in [3.05, 3.63) is 29.3 Å². The summed E-state index contributed by atoms with van der Waals surface area (Å²) in [4.78, 5) is 12.4. The van der Waals surface area contributed by atoms with Gasteiger partial charge >= 0.3 is 0 Å². The number of rotatable bonds is 3. The summed E-state index contributed by atoms with van der Waals surface area (Å²) in [5.74, 6) is 0.630. The van der Waals surface area contributed by atoms with Crippen LogP contribution in [0.2, 0.25) is 0 Å². The summed E-state index contributed by atoms with van der Waals surface area (Å²) in [6.45, 7) is 4.06. The highest BCUT2D eigenvalue weighted by molar-refractivity contribution is 9.09. The van der Waals surface area contributed by atoms with Gasteiger partial charge in [0.2, 0.25) is 0 Å². The summed E-state index contributed by atoms with van der Waals surface area (Å²) in [5, 5.41) is 13.9. The first-order valence-corrected chi connectivity index (χ1v) is 8.26. The molecule has 0 spiro atoms. The summed E-state index contributed by atoms with van der Waals surface area (Å²) in [6, 6.07) is 5.27.